The molecule has 1 heterocycles. The Hall–Kier alpha value is -2.63. The number of nitrogens with one attached hydrogen (secondary N) is 2. The summed E-state index contributed by atoms with van der Waals surface area (Å²) in [4.78, 5) is 23.2. The summed E-state index contributed by atoms with van der Waals surface area (Å²) in [6.07, 6.45) is 0. The van der Waals surface area contributed by atoms with Gasteiger partial charge < -0.3 is 10.1 Å². The largest absolute Gasteiger partial charge is 0.451 e. The molecule has 6 nitrogen and oxygen atoms in total. The van der Waals surface area contributed by atoms with Gasteiger partial charge in [0.1, 0.15) is 5.69 Å². The molecule has 21 heavy (non-hydrogen) atoms. The lowest BCUT2D eigenvalue weighted by Crippen LogP contribution is -2.34. The third-order valence-electron chi connectivity index (χ3n) is 2.65. The highest BCUT2D eigenvalue weighted by molar-refractivity contribution is 5.90. The summed E-state index contributed by atoms with van der Waals surface area (Å²) in [6, 6.07) is 11.1. The van der Waals surface area contributed by atoms with Crippen LogP contribution in [0.3, 0.4) is 0 Å². The minimum Gasteiger partial charge on any atom is -0.451 e. The van der Waals surface area contributed by atoms with Crippen molar-refractivity contribution in [2.75, 3.05) is 6.61 Å². The van der Waals surface area contributed by atoms with Crippen molar-refractivity contribution in [1.29, 1.82) is 0 Å². The van der Waals surface area contributed by atoms with E-state index in [1.165, 1.54) is 0 Å². The standard InChI is InChI=1S/C15H17N3O3/c1-10(2)16-14(19)9-21-15(20)13-8-12(17-18-13)11-6-4-3-5-7-11/h3-8,10H,9H2,1-2H3,(H,16,19)(H,17,18). The zero-order valence-corrected chi connectivity index (χ0v) is 11.9. The number of aromatic nitrogens is 2. The van der Waals surface area contributed by atoms with Gasteiger partial charge in [-0.1, -0.05) is 30.3 Å². The number of nitrogens with zero attached hydrogens (tertiary/aromatic N) is 1. The van der Waals surface area contributed by atoms with Crippen molar-refractivity contribution in [2.24, 2.45) is 0 Å². The van der Waals surface area contributed by atoms with Crippen molar-refractivity contribution in [2.45, 2.75) is 19.9 Å². The minimum atomic E-state index is -0.608. The van der Waals surface area contributed by atoms with Crippen LogP contribution < -0.4 is 5.32 Å². The molecule has 2 aromatic rings. The second-order valence-electron chi connectivity index (χ2n) is 4.83. The van der Waals surface area contributed by atoms with Crippen LogP contribution in [0.15, 0.2) is 36.4 Å². The maximum Gasteiger partial charge on any atom is 0.356 e. The molecule has 0 unspecified atom stereocenters. The summed E-state index contributed by atoms with van der Waals surface area (Å²) < 4.78 is 4.92. The molecule has 6 heteroatoms. The van der Waals surface area contributed by atoms with Crippen molar-refractivity contribution in [3.05, 3.63) is 42.1 Å². The highest BCUT2D eigenvalue weighted by Crippen LogP contribution is 2.17. The molecule has 1 amide bonds. The molecule has 0 radical (unpaired) electrons. The second kappa shape index (κ2) is 6.69. The maximum atomic E-state index is 11.8. The first kappa shape index (κ1) is 14.8. The fraction of sp³-hybridized carbons (Fsp3) is 0.267. The fourth-order valence-electron chi connectivity index (χ4n) is 1.76. The molecular formula is C15H17N3O3. The van der Waals surface area contributed by atoms with Crippen molar-refractivity contribution >= 4 is 11.9 Å². The van der Waals surface area contributed by atoms with Crippen molar-refractivity contribution in [3.63, 3.8) is 0 Å². The van der Waals surface area contributed by atoms with E-state index in [1.807, 2.05) is 44.2 Å². The molecule has 110 valence electrons. The van der Waals surface area contributed by atoms with Gasteiger partial charge in [-0.3, -0.25) is 9.89 Å². The molecule has 0 bridgehead atoms. The second-order valence-corrected chi connectivity index (χ2v) is 4.83. The molecule has 0 atom stereocenters. The van der Waals surface area contributed by atoms with E-state index in [0.29, 0.717) is 5.69 Å². The highest BCUT2D eigenvalue weighted by Gasteiger charge is 2.14. The van der Waals surface area contributed by atoms with Crippen molar-refractivity contribution < 1.29 is 14.3 Å². The summed E-state index contributed by atoms with van der Waals surface area (Å²) in [5.41, 5.74) is 1.76. The first-order chi connectivity index (χ1) is 10.1. The molecular weight excluding hydrogens is 270 g/mol. The zero-order chi connectivity index (χ0) is 15.2. The monoisotopic (exact) mass is 287 g/mol. The van der Waals surface area contributed by atoms with Crippen LogP contribution in [0, 0.1) is 0 Å². The van der Waals surface area contributed by atoms with Crippen LogP contribution in [0.4, 0.5) is 0 Å². The number of carbonyl (C=O) groups excluding carboxylic acids is 2. The van der Waals surface area contributed by atoms with Gasteiger partial charge in [0.05, 0.1) is 5.69 Å². The van der Waals surface area contributed by atoms with Crippen LogP contribution in [-0.2, 0) is 9.53 Å². The van der Waals surface area contributed by atoms with E-state index >= 15 is 0 Å². The van der Waals surface area contributed by atoms with Crippen LogP contribution in [0.25, 0.3) is 11.3 Å². The third kappa shape index (κ3) is 4.17. The fourth-order valence-corrected chi connectivity index (χ4v) is 1.76. The number of hydrogen-bond donors (Lipinski definition) is 2. The molecule has 2 N–H and O–H groups in total. The van der Waals surface area contributed by atoms with Crippen LogP contribution in [0.2, 0.25) is 0 Å². The number of esters is 1. The van der Waals surface area contributed by atoms with Crippen molar-refractivity contribution in [1.82, 2.24) is 15.5 Å². The summed E-state index contributed by atoms with van der Waals surface area (Å²) in [6.45, 7) is 3.36. The van der Waals surface area contributed by atoms with Crippen LogP contribution in [-0.4, -0.2) is 34.7 Å². The Bertz CT molecular complexity index is 620. The SMILES string of the molecule is CC(C)NC(=O)COC(=O)c1cc(-c2ccccc2)n[nH]1. The van der Waals surface area contributed by atoms with Gasteiger partial charge in [-0.15, -0.1) is 0 Å². The minimum absolute atomic E-state index is 0.00744. The van der Waals surface area contributed by atoms with E-state index in [9.17, 15) is 9.59 Å². The van der Waals surface area contributed by atoms with Crippen molar-refractivity contribution in [3.8, 4) is 11.3 Å². The number of benzene rings is 1. The Morgan fingerprint density at radius 1 is 1.29 bits per heavy atom. The summed E-state index contributed by atoms with van der Waals surface area (Å²) in [5, 5.41) is 9.31. The van der Waals surface area contributed by atoms with Crippen LogP contribution in [0.1, 0.15) is 24.3 Å². The topological polar surface area (TPSA) is 84.1 Å². The molecule has 0 spiro atoms. The Morgan fingerprint density at radius 3 is 2.67 bits per heavy atom. The Kier molecular flexibility index (Phi) is 4.71. The number of aromatic amines is 1. The molecule has 1 aromatic carbocycles. The van der Waals surface area contributed by atoms with Gasteiger partial charge in [-0.25, -0.2) is 4.79 Å². The predicted molar refractivity (Wildman–Crippen MR) is 77.6 cm³/mol. The Labute approximate surface area is 122 Å². The molecule has 0 aliphatic rings. The predicted octanol–water partition coefficient (Wildman–Crippen LogP) is 1.76. The average Bonchev–Trinajstić information content (AvgIpc) is 2.95. The highest BCUT2D eigenvalue weighted by atomic mass is 16.5. The van der Waals surface area contributed by atoms with Crippen LogP contribution >= 0.6 is 0 Å². The number of rotatable bonds is 5. The smallest absolute Gasteiger partial charge is 0.356 e. The molecule has 2 rings (SSSR count). The first-order valence-corrected chi connectivity index (χ1v) is 6.63. The number of ether oxygens (including phenoxy) is 1. The van der Waals surface area contributed by atoms with Crippen LogP contribution in [0.5, 0.6) is 0 Å². The number of amides is 1. The number of hydrogen-bond acceptors (Lipinski definition) is 4. The first-order valence-electron chi connectivity index (χ1n) is 6.63. The van der Waals surface area contributed by atoms with Gasteiger partial charge in [0.15, 0.2) is 6.61 Å². The molecule has 0 saturated heterocycles. The van der Waals surface area contributed by atoms with E-state index < -0.39 is 5.97 Å². The summed E-state index contributed by atoms with van der Waals surface area (Å²) >= 11 is 0. The van der Waals surface area contributed by atoms with Gasteiger partial charge in [-0.05, 0) is 19.9 Å². The lowest BCUT2D eigenvalue weighted by atomic mass is 10.1. The third-order valence-corrected chi connectivity index (χ3v) is 2.65. The number of carbonyl (C=O) groups is 2. The summed E-state index contributed by atoms with van der Waals surface area (Å²) in [5.74, 6) is -0.940. The van der Waals surface area contributed by atoms with Gasteiger partial charge in [0.25, 0.3) is 5.91 Å². The molecule has 0 aliphatic carbocycles. The molecule has 1 aromatic heterocycles. The normalized spacial score (nSPS) is 10.4. The van der Waals surface area contributed by atoms with Gasteiger partial charge >= 0.3 is 5.97 Å². The van der Waals surface area contributed by atoms with E-state index in [-0.39, 0.29) is 24.2 Å². The molecule has 0 aliphatic heterocycles. The van der Waals surface area contributed by atoms with E-state index in [0.717, 1.165) is 5.56 Å². The van der Waals surface area contributed by atoms with E-state index in [1.54, 1.807) is 6.07 Å². The Morgan fingerprint density at radius 2 is 2.00 bits per heavy atom. The number of H-pyrrole nitrogens is 1. The average molecular weight is 287 g/mol. The molecule has 0 fully saturated rings. The quantitative estimate of drug-likeness (QED) is 0.821. The zero-order valence-electron chi connectivity index (χ0n) is 11.9. The lowest BCUT2D eigenvalue weighted by molar-refractivity contribution is -0.124. The molecule has 0 saturated carbocycles. The van der Waals surface area contributed by atoms with E-state index in [4.69, 9.17) is 4.74 Å². The maximum absolute atomic E-state index is 11.8. The van der Waals surface area contributed by atoms with Gasteiger partial charge in [-0.2, -0.15) is 5.10 Å². The summed E-state index contributed by atoms with van der Waals surface area (Å²) in [7, 11) is 0. The van der Waals surface area contributed by atoms with E-state index in [2.05, 4.69) is 15.5 Å². The van der Waals surface area contributed by atoms with Gasteiger partial charge in [0.2, 0.25) is 0 Å². The Balaban J connectivity index is 1.95. The van der Waals surface area contributed by atoms with Gasteiger partial charge in [0, 0.05) is 11.6 Å². The lowest BCUT2D eigenvalue weighted by Gasteiger charge is -2.07.